The molecule has 2 rings (SSSR count). The Labute approximate surface area is 113 Å². The van der Waals surface area contributed by atoms with Crippen LogP contribution < -0.4 is 10.1 Å². The number of rotatable bonds is 3. The van der Waals surface area contributed by atoms with Gasteiger partial charge in [0.15, 0.2) is 11.6 Å². The average molecular weight is 282 g/mol. The molecule has 1 aromatic carbocycles. The van der Waals surface area contributed by atoms with Crippen molar-refractivity contribution in [2.75, 3.05) is 12.4 Å². The number of ether oxygens (including phenoxy) is 1. The molecule has 0 saturated heterocycles. The zero-order valence-corrected chi connectivity index (χ0v) is 10.6. The molecule has 1 amide bonds. The van der Waals surface area contributed by atoms with Gasteiger partial charge < -0.3 is 10.1 Å². The van der Waals surface area contributed by atoms with Gasteiger partial charge in [0.1, 0.15) is 5.82 Å². The van der Waals surface area contributed by atoms with Gasteiger partial charge in [-0.15, -0.1) is 0 Å². The first kappa shape index (κ1) is 13.2. The van der Waals surface area contributed by atoms with Crippen LogP contribution in [-0.2, 0) is 0 Å². The van der Waals surface area contributed by atoms with Gasteiger partial charge in [0.2, 0.25) is 5.28 Å². The summed E-state index contributed by atoms with van der Waals surface area (Å²) in [5, 5.41) is 2.54. The molecule has 0 atom stereocenters. The summed E-state index contributed by atoms with van der Waals surface area (Å²) >= 11 is 5.60. The number of amides is 1. The summed E-state index contributed by atoms with van der Waals surface area (Å²) in [6.07, 6.45) is 1.41. The Morgan fingerprint density at radius 3 is 2.89 bits per heavy atom. The Hall–Kier alpha value is -2.21. The lowest BCUT2D eigenvalue weighted by atomic mass is 10.2. The van der Waals surface area contributed by atoms with Crippen LogP contribution in [0.1, 0.15) is 10.4 Å². The standard InChI is InChI=1S/C12H9ClFN3O2/c1-19-9-6-7(2-3-8(9)14)11(18)16-10-4-5-15-12(13)17-10/h2-6H,1H3,(H,15,16,17,18). The van der Waals surface area contributed by atoms with E-state index in [4.69, 9.17) is 16.3 Å². The van der Waals surface area contributed by atoms with Gasteiger partial charge >= 0.3 is 0 Å². The third kappa shape index (κ3) is 3.17. The van der Waals surface area contributed by atoms with Crippen LogP contribution in [0.4, 0.5) is 10.2 Å². The molecule has 0 aliphatic rings. The normalized spacial score (nSPS) is 10.1. The second-order valence-electron chi connectivity index (χ2n) is 3.51. The molecular weight excluding hydrogens is 273 g/mol. The summed E-state index contributed by atoms with van der Waals surface area (Å²) in [6, 6.07) is 5.29. The largest absolute Gasteiger partial charge is 0.494 e. The van der Waals surface area contributed by atoms with E-state index in [2.05, 4.69) is 15.3 Å². The van der Waals surface area contributed by atoms with Gasteiger partial charge in [-0.3, -0.25) is 4.79 Å². The smallest absolute Gasteiger partial charge is 0.256 e. The highest BCUT2D eigenvalue weighted by Crippen LogP contribution is 2.19. The van der Waals surface area contributed by atoms with Gasteiger partial charge in [0.25, 0.3) is 5.91 Å². The molecule has 0 radical (unpaired) electrons. The molecule has 5 nitrogen and oxygen atoms in total. The first-order valence-corrected chi connectivity index (χ1v) is 5.61. The molecule has 7 heteroatoms. The number of carbonyl (C=O) groups excluding carboxylic acids is 1. The van der Waals surface area contributed by atoms with Crippen LogP contribution in [0.25, 0.3) is 0 Å². The first-order valence-electron chi connectivity index (χ1n) is 5.23. The second-order valence-corrected chi connectivity index (χ2v) is 3.85. The van der Waals surface area contributed by atoms with E-state index < -0.39 is 11.7 Å². The molecule has 0 unspecified atom stereocenters. The van der Waals surface area contributed by atoms with Crippen molar-refractivity contribution in [3.05, 3.63) is 47.1 Å². The number of carbonyl (C=O) groups is 1. The minimum Gasteiger partial charge on any atom is -0.494 e. The molecule has 0 bridgehead atoms. The Morgan fingerprint density at radius 2 is 2.21 bits per heavy atom. The Kier molecular flexibility index (Phi) is 3.91. The summed E-state index contributed by atoms with van der Waals surface area (Å²) in [7, 11) is 1.32. The van der Waals surface area contributed by atoms with Crippen molar-refractivity contribution in [2.24, 2.45) is 0 Å². The van der Waals surface area contributed by atoms with E-state index in [0.29, 0.717) is 0 Å². The summed E-state index contributed by atoms with van der Waals surface area (Å²) < 4.78 is 18.0. The number of nitrogens with zero attached hydrogens (tertiary/aromatic N) is 2. The van der Waals surface area contributed by atoms with Crippen LogP contribution in [-0.4, -0.2) is 23.0 Å². The quantitative estimate of drug-likeness (QED) is 0.878. The van der Waals surface area contributed by atoms with Crippen LogP contribution >= 0.6 is 11.6 Å². The minimum atomic E-state index is -0.538. The van der Waals surface area contributed by atoms with Gasteiger partial charge in [0.05, 0.1) is 7.11 Å². The molecule has 0 aliphatic heterocycles. The molecule has 0 spiro atoms. The Bertz CT molecular complexity index is 622. The molecule has 0 fully saturated rings. The predicted molar refractivity (Wildman–Crippen MR) is 67.9 cm³/mol. The number of hydrogen-bond acceptors (Lipinski definition) is 4. The molecule has 0 aliphatic carbocycles. The van der Waals surface area contributed by atoms with Crippen molar-refractivity contribution >= 4 is 23.3 Å². The van der Waals surface area contributed by atoms with Gasteiger partial charge in [0, 0.05) is 11.8 Å². The van der Waals surface area contributed by atoms with Crippen LogP contribution in [0.15, 0.2) is 30.5 Å². The van der Waals surface area contributed by atoms with Gasteiger partial charge in [-0.1, -0.05) is 0 Å². The monoisotopic (exact) mass is 281 g/mol. The first-order chi connectivity index (χ1) is 9.10. The van der Waals surface area contributed by atoms with E-state index in [9.17, 15) is 9.18 Å². The third-order valence-electron chi connectivity index (χ3n) is 2.28. The highest BCUT2D eigenvalue weighted by molar-refractivity contribution is 6.28. The molecule has 0 saturated carbocycles. The lowest BCUT2D eigenvalue weighted by Gasteiger charge is -2.06. The second kappa shape index (κ2) is 5.62. The van der Waals surface area contributed by atoms with Crippen molar-refractivity contribution in [3.8, 4) is 5.75 Å². The molecule has 98 valence electrons. The van der Waals surface area contributed by atoms with E-state index in [-0.39, 0.29) is 22.4 Å². The Balaban J connectivity index is 2.20. The molecular formula is C12H9ClFN3O2. The SMILES string of the molecule is COc1cc(C(=O)Nc2ccnc(Cl)n2)ccc1F. The number of methoxy groups -OCH3 is 1. The predicted octanol–water partition coefficient (Wildman–Crippen LogP) is 2.53. The fraction of sp³-hybridized carbons (Fsp3) is 0.0833. The van der Waals surface area contributed by atoms with E-state index in [1.165, 1.54) is 31.5 Å². The fourth-order valence-electron chi connectivity index (χ4n) is 1.39. The van der Waals surface area contributed by atoms with Crippen molar-refractivity contribution in [1.29, 1.82) is 0 Å². The Morgan fingerprint density at radius 1 is 1.42 bits per heavy atom. The molecule has 19 heavy (non-hydrogen) atoms. The van der Waals surface area contributed by atoms with Gasteiger partial charge in [-0.05, 0) is 35.9 Å². The summed E-state index contributed by atoms with van der Waals surface area (Å²) in [5.41, 5.74) is 0.244. The highest BCUT2D eigenvalue weighted by Gasteiger charge is 2.11. The van der Waals surface area contributed by atoms with E-state index in [1.807, 2.05) is 0 Å². The molecule has 1 N–H and O–H groups in total. The number of anilines is 1. The van der Waals surface area contributed by atoms with Gasteiger partial charge in [-0.2, -0.15) is 0 Å². The zero-order chi connectivity index (χ0) is 13.8. The van der Waals surface area contributed by atoms with E-state index >= 15 is 0 Å². The maximum Gasteiger partial charge on any atom is 0.256 e. The number of halogens is 2. The van der Waals surface area contributed by atoms with E-state index in [0.717, 1.165) is 6.07 Å². The summed E-state index contributed by atoms with van der Waals surface area (Å²) in [6.45, 7) is 0. The van der Waals surface area contributed by atoms with Crippen molar-refractivity contribution in [1.82, 2.24) is 9.97 Å². The third-order valence-corrected chi connectivity index (χ3v) is 2.46. The molecule has 1 aromatic heterocycles. The molecule has 2 aromatic rings. The number of hydrogen-bond donors (Lipinski definition) is 1. The lowest BCUT2D eigenvalue weighted by Crippen LogP contribution is -2.13. The topological polar surface area (TPSA) is 64.1 Å². The van der Waals surface area contributed by atoms with Gasteiger partial charge in [-0.25, -0.2) is 14.4 Å². The van der Waals surface area contributed by atoms with Crippen LogP contribution in [0.2, 0.25) is 5.28 Å². The van der Waals surface area contributed by atoms with Crippen molar-refractivity contribution in [3.63, 3.8) is 0 Å². The van der Waals surface area contributed by atoms with E-state index in [1.54, 1.807) is 0 Å². The van der Waals surface area contributed by atoms with Crippen LogP contribution in [0, 0.1) is 5.82 Å². The minimum absolute atomic E-state index is 0.00614. The summed E-state index contributed by atoms with van der Waals surface area (Å²) in [4.78, 5) is 19.4. The van der Waals surface area contributed by atoms with Crippen LogP contribution in [0.3, 0.4) is 0 Å². The number of nitrogens with one attached hydrogen (secondary N) is 1. The maximum atomic E-state index is 13.2. The maximum absolute atomic E-state index is 13.2. The lowest BCUT2D eigenvalue weighted by molar-refractivity contribution is 0.102. The fourth-order valence-corrected chi connectivity index (χ4v) is 1.54. The number of aromatic nitrogens is 2. The van der Waals surface area contributed by atoms with Crippen molar-refractivity contribution in [2.45, 2.75) is 0 Å². The molecule has 1 heterocycles. The van der Waals surface area contributed by atoms with Crippen LogP contribution in [0.5, 0.6) is 5.75 Å². The average Bonchev–Trinajstić information content (AvgIpc) is 2.39. The number of benzene rings is 1. The highest BCUT2D eigenvalue weighted by atomic mass is 35.5. The summed E-state index contributed by atoms with van der Waals surface area (Å²) in [5.74, 6) is -0.737. The zero-order valence-electron chi connectivity index (χ0n) is 9.85. The van der Waals surface area contributed by atoms with Crippen molar-refractivity contribution < 1.29 is 13.9 Å².